The van der Waals surface area contributed by atoms with E-state index in [9.17, 15) is 5.11 Å². The summed E-state index contributed by atoms with van der Waals surface area (Å²) in [5.41, 5.74) is 0.170. The van der Waals surface area contributed by atoms with Gasteiger partial charge in [-0.2, -0.15) is 0 Å². The van der Waals surface area contributed by atoms with Gasteiger partial charge in [0.05, 0.1) is 0 Å². The summed E-state index contributed by atoms with van der Waals surface area (Å²) >= 11 is 0. The topological polar surface area (TPSA) is 38.7 Å². The Kier molecular flexibility index (Phi) is 6.93. The van der Waals surface area contributed by atoms with Gasteiger partial charge >= 0.3 is 0 Å². The summed E-state index contributed by atoms with van der Waals surface area (Å²) in [6.45, 7) is 12.6. The lowest BCUT2D eigenvalue weighted by atomic mass is 9.72. The number of ether oxygens (including phenoxy) is 2. The van der Waals surface area contributed by atoms with Gasteiger partial charge in [-0.15, -0.1) is 0 Å². The molecule has 0 aliphatic heterocycles. The Labute approximate surface area is 129 Å². The largest absolute Gasteiger partial charge is 0.374 e. The van der Waals surface area contributed by atoms with E-state index in [1.165, 1.54) is 5.57 Å². The zero-order valence-corrected chi connectivity index (χ0v) is 14.3. The van der Waals surface area contributed by atoms with E-state index in [1.807, 2.05) is 26.8 Å². The Balaban J connectivity index is 2.82. The highest BCUT2D eigenvalue weighted by Gasteiger charge is 2.37. The van der Waals surface area contributed by atoms with Crippen LogP contribution in [0.4, 0.5) is 0 Å². The average molecular weight is 294 g/mol. The fourth-order valence-electron chi connectivity index (χ4n) is 2.94. The van der Waals surface area contributed by atoms with Crippen LogP contribution in [0.2, 0.25) is 0 Å². The van der Waals surface area contributed by atoms with Crippen molar-refractivity contribution >= 4 is 0 Å². The molecule has 21 heavy (non-hydrogen) atoms. The van der Waals surface area contributed by atoms with Crippen LogP contribution in [0.25, 0.3) is 0 Å². The summed E-state index contributed by atoms with van der Waals surface area (Å²) in [5, 5.41) is 10.9. The lowest BCUT2D eigenvalue weighted by molar-refractivity contribution is -0.139. The standard InChI is InChI=1S/C18H30O3/c1-7-20-16(6)21-15(5)10-11-18(19)12-14(4)8-9-17(18)13(2)3/h12-13,15-17,19H,7-9H2,1-6H3. The van der Waals surface area contributed by atoms with E-state index in [1.54, 1.807) is 0 Å². The minimum Gasteiger partial charge on any atom is -0.374 e. The van der Waals surface area contributed by atoms with Gasteiger partial charge in [-0.3, -0.25) is 0 Å². The smallest absolute Gasteiger partial charge is 0.156 e. The van der Waals surface area contributed by atoms with E-state index in [0.29, 0.717) is 12.5 Å². The summed E-state index contributed by atoms with van der Waals surface area (Å²) < 4.78 is 11.0. The Morgan fingerprint density at radius 3 is 2.62 bits per heavy atom. The van der Waals surface area contributed by atoms with Crippen molar-refractivity contribution in [2.45, 2.75) is 72.4 Å². The molecule has 0 saturated heterocycles. The van der Waals surface area contributed by atoms with Crippen LogP contribution in [0.5, 0.6) is 0 Å². The molecule has 0 saturated carbocycles. The molecular weight excluding hydrogens is 264 g/mol. The first-order chi connectivity index (χ1) is 9.78. The first-order valence-corrected chi connectivity index (χ1v) is 7.99. The van der Waals surface area contributed by atoms with Gasteiger partial charge in [-0.25, -0.2) is 0 Å². The van der Waals surface area contributed by atoms with Gasteiger partial charge in [-0.05, 0) is 52.5 Å². The zero-order valence-electron chi connectivity index (χ0n) is 14.3. The fourth-order valence-corrected chi connectivity index (χ4v) is 2.94. The summed E-state index contributed by atoms with van der Waals surface area (Å²) in [4.78, 5) is 0. The second kappa shape index (κ2) is 7.98. The molecule has 3 nitrogen and oxygen atoms in total. The molecule has 0 amide bonds. The molecule has 0 aromatic heterocycles. The second-order valence-corrected chi connectivity index (χ2v) is 6.28. The molecule has 0 spiro atoms. The van der Waals surface area contributed by atoms with E-state index in [2.05, 4.69) is 32.6 Å². The lowest BCUT2D eigenvalue weighted by Gasteiger charge is -2.36. The molecule has 0 aromatic rings. The normalized spacial score (nSPS) is 28.6. The van der Waals surface area contributed by atoms with Crippen molar-refractivity contribution in [1.82, 2.24) is 0 Å². The van der Waals surface area contributed by atoms with Gasteiger partial charge < -0.3 is 14.6 Å². The van der Waals surface area contributed by atoms with Crippen LogP contribution in [0.3, 0.4) is 0 Å². The maximum absolute atomic E-state index is 10.9. The highest BCUT2D eigenvalue weighted by atomic mass is 16.7. The van der Waals surface area contributed by atoms with Gasteiger partial charge in [-0.1, -0.05) is 31.3 Å². The molecule has 0 bridgehead atoms. The molecule has 1 aliphatic carbocycles. The van der Waals surface area contributed by atoms with Gasteiger partial charge in [0.1, 0.15) is 11.7 Å². The predicted octanol–water partition coefficient (Wildman–Crippen LogP) is 3.52. The van der Waals surface area contributed by atoms with Crippen LogP contribution in [-0.4, -0.2) is 29.7 Å². The minimum absolute atomic E-state index is 0.171. The van der Waals surface area contributed by atoms with Crippen molar-refractivity contribution in [2.75, 3.05) is 6.61 Å². The van der Waals surface area contributed by atoms with Crippen molar-refractivity contribution in [3.05, 3.63) is 11.6 Å². The second-order valence-electron chi connectivity index (χ2n) is 6.28. The van der Waals surface area contributed by atoms with Crippen molar-refractivity contribution in [3.8, 4) is 11.8 Å². The summed E-state index contributed by atoms with van der Waals surface area (Å²) in [7, 11) is 0. The first kappa shape index (κ1) is 18.2. The maximum atomic E-state index is 10.9. The van der Waals surface area contributed by atoms with Crippen molar-refractivity contribution in [1.29, 1.82) is 0 Å². The zero-order chi connectivity index (χ0) is 16.0. The van der Waals surface area contributed by atoms with E-state index in [0.717, 1.165) is 12.8 Å². The summed E-state index contributed by atoms with van der Waals surface area (Å²) in [6.07, 6.45) is 3.40. The highest BCUT2D eigenvalue weighted by Crippen LogP contribution is 2.36. The molecule has 0 heterocycles. The molecule has 3 heteroatoms. The SMILES string of the molecule is CCOC(C)OC(C)C#CC1(O)C=C(C)CCC1C(C)C. The average Bonchev–Trinajstić information content (AvgIpc) is 2.36. The molecular formula is C18H30O3. The minimum atomic E-state index is -1.04. The Morgan fingerprint density at radius 1 is 1.38 bits per heavy atom. The first-order valence-electron chi connectivity index (χ1n) is 7.99. The van der Waals surface area contributed by atoms with Crippen LogP contribution in [-0.2, 0) is 9.47 Å². The third-order valence-corrected chi connectivity index (χ3v) is 3.96. The van der Waals surface area contributed by atoms with Crippen LogP contribution in [0.15, 0.2) is 11.6 Å². The number of hydrogen-bond acceptors (Lipinski definition) is 3. The quantitative estimate of drug-likeness (QED) is 0.479. The van der Waals surface area contributed by atoms with E-state index >= 15 is 0 Å². The summed E-state index contributed by atoms with van der Waals surface area (Å²) in [5.74, 6) is 6.66. The number of hydrogen-bond donors (Lipinski definition) is 1. The Morgan fingerprint density at radius 2 is 2.05 bits per heavy atom. The third kappa shape index (κ3) is 5.47. The van der Waals surface area contributed by atoms with Crippen molar-refractivity contribution < 1.29 is 14.6 Å². The van der Waals surface area contributed by atoms with Gasteiger partial charge in [0.15, 0.2) is 6.29 Å². The van der Waals surface area contributed by atoms with Crippen LogP contribution < -0.4 is 0 Å². The van der Waals surface area contributed by atoms with E-state index in [-0.39, 0.29) is 18.3 Å². The molecule has 0 aromatic carbocycles. The van der Waals surface area contributed by atoms with Crippen molar-refractivity contribution in [3.63, 3.8) is 0 Å². The predicted molar refractivity (Wildman–Crippen MR) is 85.7 cm³/mol. The van der Waals surface area contributed by atoms with Gasteiger partial charge in [0.2, 0.25) is 0 Å². The van der Waals surface area contributed by atoms with Crippen LogP contribution in [0.1, 0.15) is 54.4 Å². The monoisotopic (exact) mass is 294 g/mol. The molecule has 120 valence electrons. The van der Waals surface area contributed by atoms with E-state index < -0.39 is 5.60 Å². The number of allylic oxidation sites excluding steroid dienone is 1. The third-order valence-electron chi connectivity index (χ3n) is 3.96. The fraction of sp³-hybridized carbons (Fsp3) is 0.778. The van der Waals surface area contributed by atoms with E-state index in [4.69, 9.17) is 9.47 Å². The van der Waals surface area contributed by atoms with Gasteiger partial charge in [0, 0.05) is 12.5 Å². The highest BCUT2D eigenvalue weighted by molar-refractivity contribution is 5.30. The molecule has 1 rings (SSSR count). The molecule has 4 unspecified atom stereocenters. The number of aliphatic hydroxyl groups is 1. The Bertz CT molecular complexity index is 416. The molecule has 0 radical (unpaired) electrons. The van der Waals surface area contributed by atoms with Crippen molar-refractivity contribution in [2.24, 2.45) is 11.8 Å². The molecule has 1 aliphatic rings. The maximum Gasteiger partial charge on any atom is 0.156 e. The summed E-state index contributed by atoms with van der Waals surface area (Å²) in [6, 6.07) is 0. The van der Waals surface area contributed by atoms with Crippen LogP contribution in [0, 0.1) is 23.7 Å². The molecule has 0 fully saturated rings. The molecule has 1 N–H and O–H groups in total. The Hall–Kier alpha value is -0.820. The lowest BCUT2D eigenvalue weighted by Crippen LogP contribution is -2.40. The molecule has 4 atom stereocenters. The number of rotatable bonds is 5. The van der Waals surface area contributed by atoms with Gasteiger partial charge in [0.25, 0.3) is 0 Å². The van der Waals surface area contributed by atoms with Crippen LogP contribution >= 0.6 is 0 Å².